The maximum atomic E-state index is 12.2. The van der Waals surface area contributed by atoms with Gasteiger partial charge in [0.2, 0.25) is 0 Å². The number of rotatable bonds is 5. The Labute approximate surface area is 85.0 Å². The lowest BCUT2D eigenvalue weighted by atomic mass is 10.0. The van der Waals surface area contributed by atoms with E-state index in [9.17, 15) is 8.78 Å². The maximum absolute atomic E-state index is 12.2. The van der Waals surface area contributed by atoms with Gasteiger partial charge >= 0.3 is 0 Å². The molecule has 0 bridgehead atoms. The van der Waals surface area contributed by atoms with Crippen LogP contribution in [-0.2, 0) is 0 Å². The van der Waals surface area contributed by atoms with E-state index in [1.807, 2.05) is 19.9 Å². The molecule has 0 radical (unpaired) electrons. The Kier molecular flexibility index (Phi) is 6.99. The molecule has 2 heteroatoms. The highest BCUT2D eigenvalue weighted by Gasteiger charge is 1.96. The second-order valence-electron chi connectivity index (χ2n) is 3.37. The zero-order valence-electron chi connectivity index (χ0n) is 9.11. The minimum absolute atomic E-state index is 0.474. The summed E-state index contributed by atoms with van der Waals surface area (Å²) in [5, 5.41) is 0. The lowest BCUT2D eigenvalue weighted by Crippen LogP contribution is -1.87. The molecule has 0 nitrogen and oxygen atoms in total. The highest BCUT2D eigenvalue weighted by molar-refractivity contribution is 5.27. The first-order valence-electron chi connectivity index (χ1n) is 4.74. The van der Waals surface area contributed by atoms with Crippen molar-refractivity contribution in [3.63, 3.8) is 0 Å². The van der Waals surface area contributed by atoms with E-state index in [1.165, 1.54) is 6.08 Å². The average Bonchev–Trinajstić information content (AvgIpc) is 2.17. The fraction of sp³-hybridized carbons (Fsp3) is 0.500. The van der Waals surface area contributed by atoms with Crippen molar-refractivity contribution < 1.29 is 8.78 Å². The largest absolute Gasteiger partial charge is 0.247 e. The zero-order valence-corrected chi connectivity index (χ0v) is 9.11. The fourth-order valence-electron chi connectivity index (χ4n) is 1.06. The highest BCUT2D eigenvalue weighted by Crippen LogP contribution is 2.14. The summed E-state index contributed by atoms with van der Waals surface area (Å²) in [5.41, 5.74) is 2.64. The van der Waals surface area contributed by atoms with Gasteiger partial charge in [-0.05, 0) is 38.3 Å². The van der Waals surface area contributed by atoms with Crippen molar-refractivity contribution >= 4 is 0 Å². The van der Waals surface area contributed by atoms with Crippen molar-refractivity contribution in [1.29, 1.82) is 0 Å². The molecule has 0 atom stereocenters. The van der Waals surface area contributed by atoms with E-state index in [2.05, 4.69) is 0 Å². The SMILES string of the molecule is C/C=C(/C)CC(/C=C(/C)CF)=C/CF. The molecule has 0 aromatic rings. The quantitative estimate of drug-likeness (QED) is 0.462. The Balaban J connectivity index is 4.55. The van der Waals surface area contributed by atoms with Crippen LogP contribution in [0.25, 0.3) is 0 Å². The molecule has 0 saturated heterocycles. The van der Waals surface area contributed by atoms with Crippen molar-refractivity contribution in [2.24, 2.45) is 0 Å². The van der Waals surface area contributed by atoms with Crippen molar-refractivity contribution in [3.05, 3.63) is 34.9 Å². The van der Waals surface area contributed by atoms with Crippen molar-refractivity contribution in [3.8, 4) is 0 Å². The first-order valence-corrected chi connectivity index (χ1v) is 4.74. The van der Waals surface area contributed by atoms with E-state index in [0.717, 1.165) is 11.1 Å². The molecule has 0 fully saturated rings. The first kappa shape index (κ1) is 13.1. The molecular weight excluding hydrogens is 182 g/mol. The summed E-state index contributed by atoms with van der Waals surface area (Å²) in [7, 11) is 0. The summed E-state index contributed by atoms with van der Waals surface area (Å²) in [6, 6.07) is 0. The van der Waals surface area contributed by atoms with Gasteiger partial charge in [0.15, 0.2) is 0 Å². The Morgan fingerprint density at radius 1 is 1.14 bits per heavy atom. The molecule has 0 aliphatic carbocycles. The number of alkyl halides is 2. The second kappa shape index (κ2) is 7.48. The normalized spacial score (nSPS) is 14.8. The van der Waals surface area contributed by atoms with Crippen LogP contribution >= 0.6 is 0 Å². The average molecular weight is 200 g/mol. The molecule has 0 aromatic carbocycles. The second-order valence-corrected chi connectivity index (χ2v) is 3.37. The summed E-state index contributed by atoms with van der Waals surface area (Å²) in [6.45, 7) is 4.65. The lowest BCUT2D eigenvalue weighted by molar-refractivity contribution is 0.542. The fourth-order valence-corrected chi connectivity index (χ4v) is 1.06. The molecule has 0 spiro atoms. The van der Waals surface area contributed by atoms with Crippen LogP contribution < -0.4 is 0 Å². The van der Waals surface area contributed by atoms with Crippen LogP contribution in [-0.4, -0.2) is 13.3 Å². The van der Waals surface area contributed by atoms with Gasteiger partial charge in [0.1, 0.15) is 13.3 Å². The van der Waals surface area contributed by atoms with Gasteiger partial charge in [0.05, 0.1) is 0 Å². The zero-order chi connectivity index (χ0) is 11.0. The van der Waals surface area contributed by atoms with Crippen LogP contribution in [0.1, 0.15) is 27.2 Å². The van der Waals surface area contributed by atoms with Gasteiger partial charge in [-0.15, -0.1) is 0 Å². The maximum Gasteiger partial charge on any atom is 0.111 e. The van der Waals surface area contributed by atoms with Crippen molar-refractivity contribution in [1.82, 2.24) is 0 Å². The van der Waals surface area contributed by atoms with Gasteiger partial charge in [0.25, 0.3) is 0 Å². The van der Waals surface area contributed by atoms with Gasteiger partial charge in [-0.2, -0.15) is 0 Å². The number of allylic oxidation sites excluding steroid dienone is 6. The van der Waals surface area contributed by atoms with Crippen LogP contribution in [0, 0.1) is 0 Å². The molecule has 14 heavy (non-hydrogen) atoms. The predicted molar refractivity (Wildman–Crippen MR) is 57.8 cm³/mol. The molecule has 0 aliphatic rings. The Hall–Kier alpha value is -0.920. The van der Waals surface area contributed by atoms with Gasteiger partial charge < -0.3 is 0 Å². The summed E-state index contributed by atoms with van der Waals surface area (Å²) in [6.07, 6.45) is 5.88. The lowest BCUT2D eigenvalue weighted by Gasteiger charge is -2.03. The van der Waals surface area contributed by atoms with E-state index in [4.69, 9.17) is 0 Å². The third-order valence-corrected chi connectivity index (χ3v) is 1.96. The van der Waals surface area contributed by atoms with Crippen LogP contribution in [0.5, 0.6) is 0 Å². The molecule has 0 aromatic heterocycles. The molecule has 0 rings (SSSR count). The molecular formula is C12H18F2. The third-order valence-electron chi connectivity index (χ3n) is 1.96. The number of halogens is 2. The molecule has 80 valence electrons. The Morgan fingerprint density at radius 3 is 2.21 bits per heavy atom. The molecule has 0 heterocycles. The smallest absolute Gasteiger partial charge is 0.111 e. The standard InChI is InChI=1S/C12H18F2/c1-4-10(2)7-12(5-6-13)8-11(3)9-14/h4-5,8H,6-7,9H2,1-3H3/b10-4-,11-8-,12-5-. The van der Waals surface area contributed by atoms with E-state index >= 15 is 0 Å². The van der Waals surface area contributed by atoms with Gasteiger partial charge in [-0.1, -0.05) is 23.8 Å². The van der Waals surface area contributed by atoms with Gasteiger partial charge in [-0.3, -0.25) is 0 Å². The first-order chi connectivity index (χ1) is 6.63. The highest BCUT2D eigenvalue weighted by atomic mass is 19.1. The molecule has 0 N–H and O–H groups in total. The van der Waals surface area contributed by atoms with Crippen molar-refractivity contribution in [2.45, 2.75) is 27.2 Å². The van der Waals surface area contributed by atoms with E-state index < -0.39 is 13.3 Å². The van der Waals surface area contributed by atoms with Crippen molar-refractivity contribution in [2.75, 3.05) is 13.3 Å². The summed E-state index contributed by atoms with van der Waals surface area (Å²) >= 11 is 0. The molecule has 0 saturated carbocycles. The van der Waals surface area contributed by atoms with E-state index in [1.54, 1.807) is 13.0 Å². The minimum Gasteiger partial charge on any atom is -0.247 e. The van der Waals surface area contributed by atoms with E-state index in [-0.39, 0.29) is 0 Å². The Bertz CT molecular complexity index is 247. The summed E-state index contributed by atoms with van der Waals surface area (Å²) < 4.78 is 24.3. The predicted octanol–water partition coefficient (Wildman–Crippen LogP) is 4.15. The van der Waals surface area contributed by atoms with Crippen LogP contribution in [0.2, 0.25) is 0 Å². The minimum atomic E-state index is -0.498. The van der Waals surface area contributed by atoms with Crippen LogP contribution in [0.4, 0.5) is 8.78 Å². The number of hydrogen-bond acceptors (Lipinski definition) is 0. The topological polar surface area (TPSA) is 0 Å². The Morgan fingerprint density at radius 2 is 1.79 bits per heavy atom. The molecule has 0 aliphatic heterocycles. The van der Waals surface area contributed by atoms with E-state index in [0.29, 0.717) is 12.0 Å². The third kappa shape index (κ3) is 5.68. The number of hydrogen-bond donors (Lipinski definition) is 0. The van der Waals surface area contributed by atoms with Crippen LogP contribution in [0.15, 0.2) is 34.9 Å². The van der Waals surface area contributed by atoms with Gasteiger partial charge in [0, 0.05) is 0 Å². The summed E-state index contributed by atoms with van der Waals surface area (Å²) in [4.78, 5) is 0. The molecule has 0 amide bonds. The monoisotopic (exact) mass is 200 g/mol. The van der Waals surface area contributed by atoms with Crippen LogP contribution in [0.3, 0.4) is 0 Å². The van der Waals surface area contributed by atoms with Gasteiger partial charge in [-0.25, -0.2) is 8.78 Å². The molecule has 0 unspecified atom stereocenters. The summed E-state index contributed by atoms with van der Waals surface area (Å²) in [5.74, 6) is 0.